The van der Waals surface area contributed by atoms with Crippen LogP contribution in [0.1, 0.15) is 12.8 Å². The van der Waals surface area contributed by atoms with Gasteiger partial charge in [-0.1, -0.05) is 0 Å². The Balaban J connectivity index is 2.32. The van der Waals surface area contributed by atoms with Crippen LogP contribution in [0.15, 0.2) is 0 Å². The molecule has 0 heterocycles. The molecule has 0 aromatic rings. The lowest BCUT2D eigenvalue weighted by molar-refractivity contribution is 0.174. The molecule has 1 N–H and O–H groups in total. The Bertz CT molecular complexity index is 159. The summed E-state index contributed by atoms with van der Waals surface area (Å²) in [4.78, 5) is 2.21. The molecule has 1 aliphatic rings. The molecule has 3 nitrogen and oxygen atoms in total. The molecule has 0 aromatic carbocycles. The summed E-state index contributed by atoms with van der Waals surface area (Å²) in [5.74, 6) is 0. The molecule has 70 valence electrons. The van der Waals surface area contributed by atoms with Crippen LogP contribution in [0.25, 0.3) is 0 Å². The van der Waals surface area contributed by atoms with Gasteiger partial charge in [-0.2, -0.15) is 0 Å². The maximum absolute atomic E-state index is 5.17. The molecule has 1 rings (SSSR count). The summed E-state index contributed by atoms with van der Waals surface area (Å²) in [5.41, 5.74) is 0. The minimum absolute atomic E-state index is 0.667. The topological polar surface area (TPSA) is 24.5 Å². The highest BCUT2D eigenvalue weighted by Gasteiger charge is 2.29. The van der Waals surface area contributed by atoms with Crippen molar-refractivity contribution in [1.29, 1.82) is 0 Å². The third kappa shape index (κ3) is 2.60. The Labute approximate surface area is 79.1 Å². The van der Waals surface area contributed by atoms with Crippen LogP contribution in [-0.2, 0) is 4.74 Å². The zero-order valence-electron chi connectivity index (χ0n) is 7.67. The van der Waals surface area contributed by atoms with Crippen LogP contribution in [0.2, 0.25) is 0 Å². The first-order valence-corrected chi connectivity index (χ1v) is 4.67. The average Bonchev–Trinajstić information content (AvgIpc) is 2.88. The molecule has 0 aliphatic heterocycles. The van der Waals surface area contributed by atoms with Crippen molar-refractivity contribution in [3.63, 3.8) is 0 Å². The van der Waals surface area contributed by atoms with Crippen molar-refractivity contribution < 1.29 is 4.74 Å². The maximum Gasteiger partial charge on any atom is 0.169 e. The van der Waals surface area contributed by atoms with Crippen LogP contribution in [0.4, 0.5) is 0 Å². The number of ether oxygens (including phenoxy) is 1. The van der Waals surface area contributed by atoms with Crippen molar-refractivity contribution in [2.75, 3.05) is 27.3 Å². The fourth-order valence-electron chi connectivity index (χ4n) is 1.17. The second-order valence-electron chi connectivity index (χ2n) is 2.97. The largest absolute Gasteiger partial charge is 0.383 e. The van der Waals surface area contributed by atoms with Crippen molar-refractivity contribution in [1.82, 2.24) is 10.2 Å². The molecule has 1 fully saturated rings. The molecule has 12 heavy (non-hydrogen) atoms. The lowest BCUT2D eigenvalue weighted by atomic mass is 10.5. The molecular weight excluding hydrogens is 172 g/mol. The van der Waals surface area contributed by atoms with Gasteiger partial charge in [0.1, 0.15) is 0 Å². The fourth-order valence-corrected chi connectivity index (χ4v) is 1.41. The second kappa shape index (κ2) is 4.62. The van der Waals surface area contributed by atoms with Gasteiger partial charge in [-0.25, -0.2) is 0 Å². The second-order valence-corrected chi connectivity index (χ2v) is 3.36. The number of hydrogen-bond acceptors (Lipinski definition) is 2. The SMILES string of the molecule is CNC(=S)N(CCOC)C1CC1. The summed E-state index contributed by atoms with van der Waals surface area (Å²) in [6.45, 7) is 1.65. The first kappa shape index (κ1) is 9.74. The minimum Gasteiger partial charge on any atom is -0.383 e. The molecule has 0 bridgehead atoms. The lowest BCUT2D eigenvalue weighted by Gasteiger charge is -2.23. The van der Waals surface area contributed by atoms with Crippen LogP contribution in [0.5, 0.6) is 0 Å². The van der Waals surface area contributed by atoms with Crippen molar-refractivity contribution in [3.05, 3.63) is 0 Å². The van der Waals surface area contributed by atoms with Gasteiger partial charge in [-0.3, -0.25) is 0 Å². The van der Waals surface area contributed by atoms with Crippen LogP contribution >= 0.6 is 12.2 Å². The maximum atomic E-state index is 5.17. The number of rotatable bonds is 4. The van der Waals surface area contributed by atoms with Gasteiger partial charge < -0.3 is 15.0 Å². The number of thiocarbonyl (C=S) groups is 1. The molecule has 0 aromatic heterocycles. The van der Waals surface area contributed by atoms with Gasteiger partial charge in [0.15, 0.2) is 5.11 Å². The summed E-state index contributed by atoms with van der Waals surface area (Å²) >= 11 is 5.17. The van der Waals surface area contributed by atoms with Crippen molar-refractivity contribution in [2.45, 2.75) is 18.9 Å². The monoisotopic (exact) mass is 188 g/mol. The Morgan fingerprint density at radius 3 is 2.75 bits per heavy atom. The molecule has 0 spiro atoms. The summed E-state index contributed by atoms with van der Waals surface area (Å²) in [7, 11) is 3.58. The number of methoxy groups -OCH3 is 1. The van der Waals surface area contributed by atoms with Crippen LogP contribution in [-0.4, -0.2) is 43.4 Å². The summed E-state index contributed by atoms with van der Waals surface area (Å²) in [6, 6.07) is 0.667. The van der Waals surface area contributed by atoms with E-state index in [0.29, 0.717) is 6.04 Å². The smallest absolute Gasteiger partial charge is 0.169 e. The molecule has 4 heteroatoms. The predicted molar refractivity (Wildman–Crippen MR) is 53.3 cm³/mol. The third-order valence-electron chi connectivity index (χ3n) is 2.00. The van der Waals surface area contributed by atoms with Crippen LogP contribution < -0.4 is 5.32 Å². The van der Waals surface area contributed by atoms with Gasteiger partial charge >= 0.3 is 0 Å². The Hall–Kier alpha value is -0.350. The van der Waals surface area contributed by atoms with E-state index in [1.165, 1.54) is 12.8 Å². The highest BCUT2D eigenvalue weighted by atomic mass is 32.1. The van der Waals surface area contributed by atoms with E-state index in [2.05, 4.69) is 10.2 Å². The molecule has 0 atom stereocenters. The van der Waals surface area contributed by atoms with Crippen molar-refractivity contribution >= 4 is 17.3 Å². The van der Waals surface area contributed by atoms with Crippen LogP contribution in [0.3, 0.4) is 0 Å². The van der Waals surface area contributed by atoms with E-state index in [1.54, 1.807) is 7.11 Å². The minimum atomic E-state index is 0.667. The van der Waals surface area contributed by atoms with E-state index in [4.69, 9.17) is 17.0 Å². The van der Waals surface area contributed by atoms with Gasteiger partial charge in [-0.05, 0) is 25.1 Å². The van der Waals surface area contributed by atoms with Gasteiger partial charge in [0.05, 0.1) is 6.61 Å². The van der Waals surface area contributed by atoms with Gasteiger partial charge in [0.25, 0.3) is 0 Å². The standard InChI is InChI=1S/C8H16N2OS/c1-9-8(12)10(5-6-11-2)7-3-4-7/h7H,3-6H2,1-2H3,(H,9,12). The van der Waals surface area contributed by atoms with E-state index < -0.39 is 0 Å². The Morgan fingerprint density at radius 2 is 2.33 bits per heavy atom. The zero-order chi connectivity index (χ0) is 8.97. The molecular formula is C8H16N2OS. The third-order valence-corrected chi connectivity index (χ3v) is 2.44. The Morgan fingerprint density at radius 1 is 1.67 bits per heavy atom. The number of nitrogens with one attached hydrogen (secondary N) is 1. The average molecular weight is 188 g/mol. The first-order valence-electron chi connectivity index (χ1n) is 4.27. The van der Waals surface area contributed by atoms with Gasteiger partial charge in [0.2, 0.25) is 0 Å². The van der Waals surface area contributed by atoms with Crippen LogP contribution in [0, 0.1) is 0 Å². The Kier molecular flexibility index (Phi) is 3.75. The summed E-state index contributed by atoms with van der Waals surface area (Å²) < 4.78 is 5.02. The normalized spacial score (nSPS) is 15.8. The molecule has 1 aliphatic carbocycles. The summed E-state index contributed by atoms with van der Waals surface area (Å²) in [6.07, 6.45) is 2.54. The van der Waals surface area contributed by atoms with Gasteiger partial charge in [-0.15, -0.1) is 0 Å². The van der Waals surface area contributed by atoms with E-state index in [0.717, 1.165) is 18.3 Å². The van der Waals surface area contributed by atoms with Crippen molar-refractivity contribution in [3.8, 4) is 0 Å². The predicted octanol–water partition coefficient (Wildman–Crippen LogP) is 0.601. The van der Waals surface area contributed by atoms with E-state index in [1.807, 2.05) is 7.05 Å². The molecule has 1 saturated carbocycles. The zero-order valence-corrected chi connectivity index (χ0v) is 8.49. The van der Waals surface area contributed by atoms with E-state index >= 15 is 0 Å². The molecule has 0 unspecified atom stereocenters. The van der Waals surface area contributed by atoms with Gasteiger partial charge in [0, 0.05) is 26.7 Å². The quantitative estimate of drug-likeness (QED) is 0.653. The highest BCUT2D eigenvalue weighted by molar-refractivity contribution is 7.80. The first-order chi connectivity index (χ1) is 5.79. The summed E-state index contributed by atoms with van der Waals surface area (Å²) in [5, 5.41) is 3.84. The van der Waals surface area contributed by atoms with E-state index in [9.17, 15) is 0 Å². The number of nitrogens with zero attached hydrogens (tertiary/aromatic N) is 1. The number of hydrogen-bond donors (Lipinski definition) is 1. The highest BCUT2D eigenvalue weighted by Crippen LogP contribution is 2.26. The lowest BCUT2D eigenvalue weighted by Crippen LogP contribution is -2.41. The molecule has 0 radical (unpaired) electrons. The van der Waals surface area contributed by atoms with E-state index in [-0.39, 0.29) is 0 Å². The van der Waals surface area contributed by atoms with Crippen molar-refractivity contribution in [2.24, 2.45) is 0 Å². The molecule has 0 saturated heterocycles. The molecule has 0 amide bonds. The fraction of sp³-hybridized carbons (Fsp3) is 0.875.